The minimum atomic E-state index is -0.192. The van der Waals surface area contributed by atoms with Gasteiger partial charge in [-0.05, 0) is 38.0 Å². The molecule has 0 saturated carbocycles. The molecule has 1 fully saturated rings. The summed E-state index contributed by atoms with van der Waals surface area (Å²) in [6.45, 7) is 6.74. The number of rotatable bonds is 5. The van der Waals surface area contributed by atoms with Crippen LogP contribution in [0.15, 0.2) is 29.2 Å². The Labute approximate surface area is 180 Å². The fourth-order valence-electron chi connectivity index (χ4n) is 3.60. The summed E-state index contributed by atoms with van der Waals surface area (Å²) in [5.41, 5.74) is 1.86. The van der Waals surface area contributed by atoms with Gasteiger partial charge >= 0.3 is 0 Å². The smallest absolute Gasteiger partial charge is 0.278 e. The van der Waals surface area contributed by atoms with Crippen molar-refractivity contribution in [1.29, 1.82) is 0 Å². The van der Waals surface area contributed by atoms with Crippen molar-refractivity contribution in [3.63, 3.8) is 0 Å². The molecule has 2 aromatic heterocycles. The molecule has 1 aromatic carbocycles. The molecule has 3 heterocycles. The van der Waals surface area contributed by atoms with Crippen LogP contribution in [0.25, 0.3) is 11.0 Å². The highest BCUT2D eigenvalue weighted by molar-refractivity contribution is 6.42. The summed E-state index contributed by atoms with van der Waals surface area (Å²) in [6.07, 6.45) is 2.64. The highest BCUT2D eigenvalue weighted by atomic mass is 35.5. The van der Waals surface area contributed by atoms with Crippen LogP contribution in [0.1, 0.15) is 39.3 Å². The highest BCUT2D eigenvalue weighted by Gasteiger charge is 2.28. The zero-order valence-electron chi connectivity index (χ0n) is 15.7. The monoisotopic (exact) mass is 436 g/mol. The van der Waals surface area contributed by atoms with Crippen LogP contribution >= 0.6 is 23.2 Å². The van der Waals surface area contributed by atoms with Crippen molar-refractivity contribution in [2.75, 3.05) is 18.4 Å². The van der Waals surface area contributed by atoms with Gasteiger partial charge < -0.3 is 5.32 Å². The van der Waals surface area contributed by atoms with E-state index in [2.05, 4.69) is 39.1 Å². The topological polar surface area (TPSA) is 78.8 Å². The van der Waals surface area contributed by atoms with Crippen molar-refractivity contribution in [3.05, 3.63) is 50.4 Å². The maximum absolute atomic E-state index is 12.7. The van der Waals surface area contributed by atoms with E-state index in [1.54, 1.807) is 18.3 Å². The Morgan fingerprint density at radius 3 is 2.79 bits per heavy atom. The molecule has 2 N–H and O–H groups in total. The van der Waals surface area contributed by atoms with Crippen LogP contribution in [-0.4, -0.2) is 43.8 Å². The van der Waals surface area contributed by atoms with E-state index in [0.29, 0.717) is 39.6 Å². The van der Waals surface area contributed by atoms with Gasteiger partial charge in [-0.2, -0.15) is 5.10 Å². The van der Waals surface area contributed by atoms with E-state index in [0.717, 1.165) is 25.1 Å². The Bertz CT molecular complexity index is 1060. The Morgan fingerprint density at radius 2 is 2.10 bits per heavy atom. The molecular weight excluding hydrogens is 411 g/mol. The molecule has 1 saturated heterocycles. The predicted molar refractivity (Wildman–Crippen MR) is 119 cm³/mol. The Kier molecular flexibility index (Phi) is 6.51. The van der Waals surface area contributed by atoms with Gasteiger partial charge in [-0.25, -0.2) is 4.98 Å². The SMILES string of the molecule is C.CC(C)N1CCC(n2ncc3nc(NCc4ccc(Cl)c(Cl)c4)[nH]c(=O)c32)C1. The molecule has 0 spiro atoms. The second-order valence-electron chi connectivity index (χ2n) is 7.37. The first-order valence-corrected chi connectivity index (χ1v) is 10.1. The molecule has 3 aromatic rings. The molecule has 9 heteroatoms. The van der Waals surface area contributed by atoms with Crippen molar-refractivity contribution >= 4 is 40.2 Å². The number of benzene rings is 1. The molecule has 156 valence electrons. The number of nitrogens with one attached hydrogen (secondary N) is 2. The molecule has 1 atom stereocenters. The van der Waals surface area contributed by atoms with Crippen molar-refractivity contribution in [2.45, 2.75) is 46.3 Å². The largest absolute Gasteiger partial charge is 0.352 e. The van der Waals surface area contributed by atoms with Gasteiger partial charge in [0.1, 0.15) is 5.52 Å². The molecule has 29 heavy (non-hydrogen) atoms. The summed E-state index contributed by atoms with van der Waals surface area (Å²) < 4.78 is 1.83. The summed E-state index contributed by atoms with van der Waals surface area (Å²) in [5, 5.41) is 8.59. The van der Waals surface area contributed by atoms with Gasteiger partial charge in [0.15, 0.2) is 5.52 Å². The highest BCUT2D eigenvalue weighted by Crippen LogP contribution is 2.25. The second-order valence-corrected chi connectivity index (χ2v) is 8.19. The lowest BCUT2D eigenvalue weighted by Gasteiger charge is -2.20. The van der Waals surface area contributed by atoms with Crippen molar-refractivity contribution < 1.29 is 0 Å². The van der Waals surface area contributed by atoms with Gasteiger partial charge in [-0.1, -0.05) is 36.7 Å². The van der Waals surface area contributed by atoms with Gasteiger partial charge in [0.05, 0.1) is 22.3 Å². The Hall–Kier alpha value is -2.09. The van der Waals surface area contributed by atoms with Crippen LogP contribution in [0, 0.1) is 0 Å². The average Bonchev–Trinajstić information content (AvgIpc) is 3.29. The first-order valence-electron chi connectivity index (χ1n) is 9.31. The molecule has 4 rings (SSSR count). The zero-order chi connectivity index (χ0) is 19.8. The van der Waals surface area contributed by atoms with Gasteiger partial charge in [0.25, 0.3) is 5.56 Å². The maximum atomic E-state index is 12.7. The third-order valence-corrected chi connectivity index (χ3v) is 5.91. The molecule has 1 aliphatic rings. The number of halogens is 2. The molecule has 0 aliphatic carbocycles. The second kappa shape index (κ2) is 8.73. The Balaban J connectivity index is 0.00000240. The predicted octanol–water partition coefficient (Wildman–Crippen LogP) is 4.33. The standard InChI is InChI=1S/C19H22Cl2N6O.CH4/c1-11(2)26-6-5-13(10-26)27-17-16(9-23-27)24-19(25-18(17)28)22-8-12-3-4-14(20)15(21)7-12;/h3-4,7,9,11,13H,5-6,8,10H2,1-2H3,(H2,22,24,25,28);1H4. The summed E-state index contributed by atoms with van der Waals surface area (Å²) in [5.74, 6) is 0.401. The van der Waals surface area contributed by atoms with Crippen LogP contribution in [0.2, 0.25) is 10.0 Å². The lowest BCUT2D eigenvalue weighted by molar-refractivity contribution is 0.263. The van der Waals surface area contributed by atoms with E-state index in [-0.39, 0.29) is 19.0 Å². The van der Waals surface area contributed by atoms with E-state index < -0.39 is 0 Å². The van der Waals surface area contributed by atoms with Gasteiger partial charge in [0, 0.05) is 25.7 Å². The summed E-state index contributed by atoms with van der Waals surface area (Å²) in [7, 11) is 0. The van der Waals surface area contributed by atoms with Crippen LogP contribution < -0.4 is 10.9 Å². The minimum Gasteiger partial charge on any atom is -0.352 e. The van der Waals surface area contributed by atoms with E-state index in [1.807, 2.05) is 10.7 Å². The summed E-state index contributed by atoms with van der Waals surface area (Å²) >= 11 is 12.0. The fourth-order valence-corrected chi connectivity index (χ4v) is 3.92. The minimum absolute atomic E-state index is 0. The van der Waals surface area contributed by atoms with Crippen molar-refractivity contribution in [3.8, 4) is 0 Å². The number of hydrogen-bond acceptors (Lipinski definition) is 5. The third kappa shape index (κ3) is 4.42. The lowest BCUT2D eigenvalue weighted by atomic mass is 10.2. The van der Waals surface area contributed by atoms with Gasteiger partial charge in [-0.15, -0.1) is 0 Å². The molecule has 0 radical (unpaired) electrons. The molecule has 7 nitrogen and oxygen atoms in total. The molecule has 0 bridgehead atoms. The number of H-pyrrole nitrogens is 1. The van der Waals surface area contributed by atoms with Crippen molar-refractivity contribution in [1.82, 2.24) is 24.6 Å². The number of nitrogens with zero attached hydrogens (tertiary/aromatic N) is 4. The fraction of sp³-hybridized carbons (Fsp3) is 0.450. The molecular formula is C20H26Cl2N6O. The average molecular weight is 437 g/mol. The van der Waals surface area contributed by atoms with Crippen LogP contribution in [0.3, 0.4) is 0 Å². The number of aromatic amines is 1. The number of likely N-dealkylation sites (tertiary alicyclic amines) is 1. The molecule has 1 unspecified atom stereocenters. The number of anilines is 1. The zero-order valence-corrected chi connectivity index (χ0v) is 17.3. The lowest BCUT2D eigenvalue weighted by Crippen LogP contribution is -2.29. The normalized spacial score (nSPS) is 17.1. The summed E-state index contributed by atoms with van der Waals surface area (Å²) in [6, 6.07) is 6.08. The number of aromatic nitrogens is 4. The van der Waals surface area contributed by atoms with Crippen LogP contribution in [0.5, 0.6) is 0 Å². The number of fused-ring (bicyclic) bond motifs is 1. The van der Waals surface area contributed by atoms with E-state index in [4.69, 9.17) is 23.2 Å². The van der Waals surface area contributed by atoms with Crippen LogP contribution in [0.4, 0.5) is 5.95 Å². The first-order chi connectivity index (χ1) is 13.4. The van der Waals surface area contributed by atoms with Crippen LogP contribution in [-0.2, 0) is 6.54 Å². The van der Waals surface area contributed by atoms with E-state index in [1.165, 1.54) is 0 Å². The Morgan fingerprint density at radius 1 is 1.31 bits per heavy atom. The maximum Gasteiger partial charge on any atom is 0.278 e. The van der Waals surface area contributed by atoms with Crippen molar-refractivity contribution in [2.24, 2.45) is 0 Å². The quantitative estimate of drug-likeness (QED) is 0.621. The molecule has 1 aliphatic heterocycles. The van der Waals surface area contributed by atoms with Gasteiger partial charge in [-0.3, -0.25) is 19.4 Å². The van der Waals surface area contributed by atoms with E-state index in [9.17, 15) is 4.79 Å². The summed E-state index contributed by atoms with van der Waals surface area (Å²) in [4.78, 5) is 22.4. The number of hydrogen-bond donors (Lipinski definition) is 2. The third-order valence-electron chi connectivity index (χ3n) is 5.17. The first kappa shape index (κ1) is 21.6. The van der Waals surface area contributed by atoms with E-state index >= 15 is 0 Å². The molecule has 0 amide bonds. The van der Waals surface area contributed by atoms with Gasteiger partial charge in [0.2, 0.25) is 5.95 Å².